The predicted octanol–water partition coefficient (Wildman–Crippen LogP) is 5.05. The number of para-hydroxylation sites is 1. The fourth-order valence-corrected chi connectivity index (χ4v) is 3.78. The Labute approximate surface area is 179 Å². The predicted molar refractivity (Wildman–Crippen MR) is 112 cm³/mol. The number of amides is 3. The number of carbonyl (C=O) groups is 2. The molecular formula is C23H26F3N3O2. The van der Waals surface area contributed by atoms with E-state index in [1.54, 1.807) is 4.90 Å². The van der Waals surface area contributed by atoms with Gasteiger partial charge in [-0.1, -0.05) is 36.4 Å². The van der Waals surface area contributed by atoms with Crippen molar-refractivity contribution in [3.8, 4) is 0 Å². The van der Waals surface area contributed by atoms with Gasteiger partial charge in [0.15, 0.2) is 0 Å². The molecule has 0 spiro atoms. The van der Waals surface area contributed by atoms with Gasteiger partial charge in [0.25, 0.3) is 0 Å². The molecule has 2 aromatic rings. The van der Waals surface area contributed by atoms with Gasteiger partial charge < -0.3 is 15.5 Å². The van der Waals surface area contributed by atoms with Crippen molar-refractivity contribution < 1.29 is 22.8 Å². The SMILES string of the molecule is O=C(CC[C@@H]1CCCN(C(=O)Nc2ccccc2)C1)NCc1ccccc1C(F)(F)F. The van der Waals surface area contributed by atoms with E-state index in [9.17, 15) is 22.8 Å². The van der Waals surface area contributed by atoms with Crippen molar-refractivity contribution in [2.24, 2.45) is 5.92 Å². The van der Waals surface area contributed by atoms with E-state index in [0.717, 1.165) is 24.6 Å². The molecule has 0 bridgehead atoms. The van der Waals surface area contributed by atoms with E-state index in [-0.39, 0.29) is 36.4 Å². The van der Waals surface area contributed by atoms with Crippen LogP contribution in [0.4, 0.5) is 23.7 Å². The van der Waals surface area contributed by atoms with Crippen molar-refractivity contribution >= 4 is 17.6 Å². The Morgan fingerprint density at radius 1 is 1.03 bits per heavy atom. The summed E-state index contributed by atoms with van der Waals surface area (Å²) in [7, 11) is 0. The molecule has 1 saturated heterocycles. The number of likely N-dealkylation sites (tertiary alicyclic amines) is 1. The molecule has 1 aliphatic rings. The number of nitrogens with zero attached hydrogens (tertiary/aromatic N) is 1. The van der Waals surface area contributed by atoms with Crippen molar-refractivity contribution in [2.45, 2.75) is 38.4 Å². The largest absolute Gasteiger partial charge is 0.416 e. The van der Waals surface area contributed by atoms with Crippen LogP contribution in [0, 0.1) is 5.92 Å². The third-order valence-corrected chi connectivity index (χ3v) is 5.41. The highest BCUT2D eigenvalue weighted by molar-refractivity contribution is 5.89. The molecular weight excluding hydrogens is 407 g/mol. The number of alkyl halides is 3. The number of nitrogens with one attached hydrogen (secondary N) is 2. The van der Waals surface area contributed by atoms with Crippen molar-refractivity contribution in [3.63, 3.8) is 0 Å². The summed E-state index contributed by atoms with van der Waals surface area (Å²) in [6, 6.07) is 14.3. The number of carbonyl (C=O) groups excluding carboxylic acids is 2. The Morgan fingerprint density at radius 3 is 2.48 bits per heavy atom. The van der Waals surface area contributed by atoms with Gasteiger partial charge in [-0.25, -0.2) is 4.79 Å². The lowest BCUT2D eigenvalue weighted by Gasteiger charge is -2.32. The number of piperidine rings is 1. The average Bonchev–Trinajstić information content (AvgIpc) is 2.76. The molecule has 0 radical (unpaired) electrons. The topological polar surface area (TPSA) is 61.4 Å². The Hall–Kier alpha value is -3.03. The third-order valence-electron chi connectivity index (χ3n) is 5.41. The Balaban J connectivity index is 1.44. The average molecular weight is 433 g/mol. The van der Waals surface area contributed by atoms with Crippen LogP contribution in [0.15, 0.2) is 54.6 Å². The molecule has 0 unspecified atom stereocenters. The first-order chi connectivity index (χ1) is 14.8. The lowest BCUT2D eigenvalue weighted by atomic mass is 9.93. The summed E-state index contributed by atoms with van der Waals surface area (Å²) in [5.74, 6) is -0.105. The Kier molecular flexibility index (Phi) is 7.55. The first kappa shape index (κ1) is 22.7. The summed E-state index contributed by atoms with van der Waals surface area (Å²) in [5, 5.41) is 5.45. The highest BCUT2D eigenvalue weighted by Crippen LogP contribution is 2.31. The zero-order valence-electron chi connectivity index (χ0n) is 17.1. The van der Waals surface area contributed by atoms with Crippen molar-refractivity contribution in [1.82, 2.24) is 10.2 Å². The van der Waals surface area contributed by atoms with Gasteiger partial charge in [-0.15, -0.1) is 0 Å². The first-order valence-electron chi connectivity index (χ1n) is 10.4. The minimum Gasteiger partial charge on any atom is -0.352 e. The molecule has 1 fully saturated rings. The van der Waals surface area contributed by atoms with E-state index in [1.807, 2.05) is 30.3 Å². The van der Waals surface area contributed by atoms with Crippen LogP contribution >= 0.6 is 0 Å². The monoisotopic (exact) mass is 433 g/mol. The van der Waals surface area contributed by atoms with Gasteiger partial charge in [-0.2, -0.15) is 13.2 Å². The zero-order chi connectivity index (χ0) is 22.3. The summed E-state index contributed by atoms with van der Waals surface area (Å²) in [5.41, 5.74) is 0.0422. The van der Waals surface area contributed by atoms with E-state index in [0.29, 0.717) is 19.5 Å². The standard InChI is InChI=1S/C23H26F3N3O2/c24-23(25,26)20-11-5-4-8-18(20)15-27-21(30)13-12-17-7-6-14-29(16-17)22(31)28-19-9-2-1-3-10-19/h1-5,8-11,17H,6-7,12-16H2,(H,27,30)(H,28,31)/t17-/m0/s1. The van der Waals surface area contributed by atoms with Gasteiger partial charge in [0.05, 0.1) is 5.56 Å². The third kappa shape index (κ3) is 6.73. The van der Waals surface area contributed by atoms with E-state index in [1.165, 1.54) is 18.2 Å². The van der Waals surface area contributed by atoms with E-state index in [4.69, 9.17) is 0 Å². The number of rotatable bonds is 6. The molecule has 1 aliphatic heterocycles. The lowest BCUT2D eigenvalue weighted by molar-refractivity contribution is -0.138. The maximum absolute atomic E-state index is 13.1. The van der Waals surface area contributed by atoms with Gasteiger partial charge in [0.1, 0.15) is 0 Å². The molecule has 0 saturated carbocycles. The summed E-state index contributed by atoms with van der Waals surface area (Å²) >= 11 is 0. The number of urea groups is 1. The molecule has 5 nitrogen and oxygen atoms in total. The fourth-order valence-electron chi connectivity index (χ4n) is 3.78. The molecule has 1 atom stereocenters. The van der Waals surface area contributed by atoms with Gasteiger partial charge in [-0.05, 0) is 48.9 Å². The summed E-state index contributed by atoms with van der Waals surface area (Å²) < 4.78 is 39.2. The summed E-state index contributed by atoms with van der Waals surface area (Å²) in [6.45, 7) is 1.06. The second-order valence-electron chi connectivity index (χ2n) is 7.72. The minimum atomic E-state index is -4.45. The molecule has 1 heterocycles. The van der Waals surface area contributed by atoms with Gasteiger partial charge in [0.2, 0.25) is 5.91 Å². The molecule has 3 amide bonds. The van der Waals surface area contributed by atoms with E-state index in [2.05, 4.69) is 10.6 Å². The quantitative estimate of drug-likeness (QED) is 0.670. The maximum Gasteiger partial charge on any atom is 0.416 e. The molecule has 3 rings (SSSR count). The second kappa shape index (κ2) is 10.3. The van der Waals surface area contributed by atoms with Gasteiger partial charge >= 0.3 is 12.2 Å². The van der Waals surface area contributed by atoms with Gasteiger partial charge in [0, 0.05) is 31.7 Å². The minimum absolute atomic E-state index is 0.0461. The smallest absolute Gasteiger partial charge is 0.352 e. The zero-order valence-corrected chi connectivity index (χ0v) is 17.1. The first-order valence-corrected chi connectivity index (χ1v) is 10.4. The van der Waals surface area contributed by atoms with Crippen LogP contribution < -0.4 is 10.6 Å². The molecule has 0 aromatic heterocycles. The molecule has 8 heteroatoms. The number of hydrogen-bond donors (Lipinski definition) is 2. The summed E-state index contributed by atoms with van der Waals surface area (Å²) in [4.78, 5) is 26.4. The molecule has 2 aromatic carbocycles. The number of hydrogen-bond acceptors (Lipinski definition) is 2. The molecule has 166 valence electrons. The van der Waals surface area contributed by atoms with E-state index < -0.39 is 11.7 Å². The van der Waals surface area contributed by atoms with Crippen LogP contribution in [-0.2, 0) is 17.5 Å². The van der Waals surface area contributed by atoms with Crippen molar-refractivity contribution in [2.75, 3.05) is 18.4 Å². The van der Waals surface area contributed by atoms with Crippen LogP contribution in [0.2, 0.25) is 0 Å². The Morgan fingerprint density at radius 2 is 1.74 bits per heavy atom. The highest BCUT2D eigenvalue weighted by Gasteiger charge is 2.32. The van der Waals surface area contributed by atoms with Crippen molar-refractivity contribution in [3.05, 3.63) is 65.7 Å². The highest BCUT2D eigenvalue weighted by atomic mass is 19.4. The maximum atomic E-state index is 13.1. The second-order valence-corrected chi connectivity index (χ2v) is 7.72. The number of benzene rings is 2. The Bertz CT molecular complexity index is 887. The summed E-state index contributed by atoms with van der Waals surface area (Å²) in [6.07, 6.45) is -1.88. The van der Waals surface area contributed by atoms with Crippen LogP contribution in [0.25, 0.3) is 0 Å². The van der Waals surface area contributed by atoms with Crippen LogP contribution in [0.1, 0.15) is 36.8 Å². The fraction of sp³-hybridized carbons (Fsp3) is 0.391. The van der Waals surface area contributed by atoms with Crippen LogP contribution in [-0.4, -0.2) is 29.9 Å². The lowest BCUT2D eigenvalue weighted by Crippen LogP contribution is -2.42. The molecule has 0 aliphatic carbocycles. The molecule has 2 N–H and O–H groups in total. The molecule has 31 heavy (non-hydrogen) atoms. The number of anilines is 1. The van der Waals surface area contributed by atoms with Crippen LogP contribution in [0.5, 0.6) is 0 Å². The normalized spacial score (nSPS) is 16.6. The van der Waals surface area contributed by atoms with Crippen LogP contribution in [0.3, 0.4) is 0 Å². The van der Waals surface area contributed by atoms with E-state index >= 15 is 0 Å². The number of halogens is 3. The van der Waals surface area contributed by atoms with Crippen molar-refractivity contribution in [1.29, 1.82) is 0 Å². The van der Waals surface area contributed by atoms with Gasteiger partial charge in [-0.3, -0.25) is 4.79 Å².